The molecular formula is C22H19ClN2O5S. The van der Waals surface area contributed by atoms with Crippen molar-refractivity contribution in [2.75, 3.05) is 29.2 Å². The fourth-order valence-electron chi connectivity index (χ4n) is 2.73. The molecule has 9 heteroatoms. The largest absolute Gasteiger partial charge is 0.472 e. The van der Waals surface area contributed by atoms with Crippen molar-refractivity contribution in [3.8, 4) is 11.1 Å². The van der Waals surface area contributed by atoms with Gasteiger partial charge in [-0.05, 0) is 42.0 Å². The Bertz CT molecular complexity index is 1090. The van der Waals surface area contributed by atoms with E-state index in [2.05, 4.69) is 10.6 Å². The zero-order valence-electron chi connectivity index (χ0n) is 16.5. The third kappa shape index (κ3) is 6.37. The molecule has 0 bridgehead atoms. The summed E-state index contributed by atoms with van der Waals surface area (Å²) >= 11 is 7.06. The van der Waals surface area contributed by atoms with Gasteiger partial charge in [-0.2, -0.15) is 0 Å². The van der Waals surface area contributed by atoms with Crippen LogP contribution < -0.4 is 10.6 Å². The van der Waals surface area contributed by atoms with E-state index in [1.54, 1.807) is 24.7 Å². The molecule has 0 aliphatic heterocycles. The van der Waals surface area contributed by atoms with Gasteiger partial charge in [0, 0.05) is 16.3 Å². The maximum absolute atomic E-state index is 12.2. The molecule has 2 amide bonds. The maximum Gasteiger partial charge on any atom is 0.340 e. The van der Waals surface area contributed by atoms with Crippen LogP contribution in [-0.4, -0.2) is 36.4 Å². The number of carbonyl (C=O) groups excluding carboxylic acids is 3. The van der Waals surface area contributed by atoms with Crippen LogP contribution in [0.3, 0.4) is 0 Å². The number of esters is 1. The number of thioether (sulfide) groups is 1. The van der Waals surface area contributed by atoms with Gasteiger partial charge >= 0.3 is 5.97 Å². The second-order valence-electron chi connectivity index (χ2n) is 6.36. The summed E-state index contributed by atoms with van der Waals surface area (Å²) in [5.41, 5.74) is 2.93. The average molecular weight is 459 g/mol. The normalized spacial score (nSPS) is 10.4. The van der Waals surface area contributed by atoms with E-state index in [9.17, 15) is 14.4 Å². The molecule has 0 atom stereocenters. The van der Waals surface area contributed by atoms with Crippen LogP contribution in [0.15, 0.2) is 65.5 Å². The third-order valence-corrected chi connectivity index (χ3v) is 5.30. The number of furan rings is 1. The van der Waals surface area contributed by atoms with Crippen LogP contribution in [0.5, 0.6) is 0 Å². The number of nitrogens with one attached hydrogen (secondary N) is 2. The third-order valence-electron chi connectivity index (χ3n) is 4.13. The molecule has 0 saturated carbocycles. The summed E-state index contributed by atoms with van der Waals surface area (Å²) in [4.78, 5) is 36.3. The molecule has 0 unspecified atom stereocenters. The van der Waals surface area contributed by atoms with Gasteiger partial charge in [0.05, 0.1) is 42.4 Å². The van der Waals surface area contributed by atoms with E-state index in [4.69, 9.17) is 20.8 Å². The predicted molar refractivity (Wildman–Crippen MR) is 122 cm³/mol. The molecular weight excluding hydrogens is 440 g/mol. The Morgan fingerprint density at radius 2 is 1.77 bits per heavy atom. The molecule has 0 saturated heterocycles. The lowest BCUT2D eigenvalue weighted by atomic mass is 10.1. The van der Waals surface area contributed by atoms with E-state index >= 15 is 0 Å². The van der Waals surface area contributed by atoms with Crippen LogP contribution in [0.2, 0.25) is 5.02 Å². The minimum Gasteiger partial charge on any atom is -0.472 e. The molecule has 0 fully saturated rings. The number of benzene rings is 2. The number of carbonyl (C=O) groups is 3. The monoisotopic (exact) mass is 458 g/mol. The smallest absolute Gasteiger partial charge is 0.340 e. The number of hydrogen-bond acceptors (Lipinski definition) is 6. The second kappa shape index (κ2) is 10.7. The molecule has 31 heavy (non-hydrogen) atoms. The highest BCUT2D eigenvalue weighted by Gasteiger charge is 2.15. The van der Waals surface area contributed by atoms with Crippen molar-refractivity contribution in [2.45, 2.75) is 0 Å². The number of amides is 2. The van der Waals surface area contributed by atoms with Crippen molar-refractivity contribution in [3.05, 3.63) is 71.6 Å². The number of ether oxygens (including phenoxy) is 1. The van der Waals surface area contributed by atoms with Gasteiger partial charge in [-0.1, -0.05) is 23.7 Å². The zero-order valence-corrected chi connectivity index (χ0v) is 18.1. The summed E-state index contributed by atoms with van der Waals surface area (Å²) in [5, 5.41) is 5.80. The van der Waals surface area contributed by atoms with Crippen molar-refractivity contribution in [2.24, 2.45) is 0 Å². The van der Waals surface area contributed by atoms with Gasteiger partial charge in [0.15, 0.2) is 0 Å². The predicted octanol–water partition coefficient (Wildman–Crippen LogP) is 4.70. The lowest BCUT2D eigenvalue weighted by molar-refractivity contribution is -0.114. The van der Waals surface area contributed by atoms with Crippen LogP contribution in [0.25, 0.3) is 11.1 Å². The lowest BCUT2D eigenvalue weighted by Gasteiger charge is -2.10. The van der Waals surface area contributed by atoms with E-state index < -0.39 is 5.97 Å². The highest BCUT2D eigenvalue weighted by Crippen LogP contribution is 2.24. The molecule has 1 heterocycles. The van der Waals surface area contributed by atoms with Gasteiger partial charge in [0.1, 0.15) is 0 Å². The van der Waals surface area contributed by atoms with E-state index in [0.717, 1.165) is 22.9 Å². The molecule has 2 aromatic carbocycles. The molecule has 7 nitrogen and oxygen atoms in total. The molecule has 0 aliphatic carbocycles. The fourth-order valence-corrected chi connectivity index (χ4v) is 3.52. The molecule has 0 aliphatic rings. The molecule has 0 radical (unpaired) electrons. The van der Waals surface area contributed by atoms with Crippen LogP contribution in [0, 0.1) is 0 Å². The average Bonchev–Trinajstić information content (AvgIpc) is 3.29. The van der Waals surface area contributed by atoms with Crippen molar-refractivity contribution in [1.82, 2.24) is 0 Å². The van der Waals surface area contributed by atoms with Crippen LogP contribution in [0.4, 0.5) is 11.4 Å². The van der Waals surface area contributed by atoms with Crippen molar-refractivity contribution in [1.29, 1.82) is 0 Å². The van der Waals surface area contributed by atoms with Gasteiger partial charge in [-0.3, -0.25) is 9.59 Å². The summed E-state index contributed by atoms with van der Waals surface area (Å²) in [6, 6.07) is 13.7. The molecule has 2 N–H and O–H groups in total. The molecule has 3 rings (SSSR count). The Labute approximate surface area is 188 Å². The van der Waals surface area contributed by atoms with E-state index in [1.165, 1.54) is 19.2 Å². The van der Waals surface area contributed by atoms with Crippen molar-refractivity contribution in [3.63, 3.8) is 0 Å². The number of hydrogen-bond donors (Lipinski definition) is 2. The van der Waals surface area contributed by atoms with Crippen molar-refractivity contribution < 1.29 is 23.5 Å². The molecule has 3 aromatic rings. The minimum absolute atomic E-state index is 0.0335. The quantitative estimate of drug-likeness (QED) is 0.475. The summed E-state index contributed by atoms with van der Waals surface area (Å²) in [5.74, 6) is -1.07. The van der Waals surface area contributed by atoms with E-state index in [-0.39, 0.29) is 28.9 Å². The second-order valence-corrected chi connectivity index (χ2v) is 7.79. The first-order valence-corrected chi connectivity index (χ1v) is 10.7. The molecule has 0 spiro atoms. The first kappa shape index (κ1) is 22.5. The highest BCUT2D eigenvalue weighted by atomic mass is 35.5. The molecule has 160 valence electrons. The SMILES string of the molecule is COC(=O)c1cc(Cl)ccc1NC(=O)CSCC(=O)Nc1cccc(-c2ccoc2)c1. The van der Waals surface area contributed by atoms with Crippen molar-refractivity contribution >= 4 is 52.5 Å². The van der Waals surface area contributed by atoms with Gasteiger partial charge in [-0.25, -0.2) is 4.79 Å². The minimum atomic E-state index is -0.609. The lowest BCUT2D eigenvalue weighted by Crippen LogP contribution is -2.19. The zero-order chi connectivity index (χ0) is 22.2. The van der Waals surface area contributed by atoms with E-state index in [1.807, 2.05) is 24.3 Å². The Morgan fingerprint density at radius 3 is 2.48 bits per heavy atom. The fraction of sp³-hybridized carbons (Fsp3) is 0.136. The summed E-state index contributed by atoms with van der Waals surface area (Å²) in [6.07, 6.45) is 3.21. The first-order chi connectivity index (χ1) is 15.0. The van der Waals surface area contributed by atoms with Gasteiger partial charge in [0.2, 0.25) is 11.8 Å². The standard InChI is InChI=1S/C22H19ClN2O5S/c1-29-22(28)18-10-16(23)5-6-19(18)25-21(27)13-31-12-20(26)24-17-4-2-3-14(9-17)15-7-8-30-11-15/h2-11H,12-13H2,1H3,(H,24,26)(H,25,27). The Hall–Kier alpha value is -3.23. The van der Waals surface area contributed by atoms with Gasteiger partial charge < -0.3 is 19.8 Å². The highest BCUT2D eigenvalue weighted by molar-refractivity contribution is 8.00. The number of halogens is 1. The summed E-state index contributed by atoms with van der Waals surface area (Å²) in [7, 11) is 1.24. The summed E-state index contributed by atoms with van der Waals surface area (Å²) in [6.45, 7) is 0. The molecule has 1 aromatic heterocycles. The van der Waals surface area contributed by atoms with Gasteiger partial charge in [-0.15, -0.1) is 11.8 Å². The Balaban J connectivity index is 1.49. The first-order valence-electron chi connectivity index (χ1n) is 9.14. The van der Waals surface area contributed by atoms with Crippen LogP contribution in [0.1, 0.15) is 10.4 Å². The van der Waals surface area contributed by atoms with E-state index in [0.29, 0.717) is 16.4 Å². The van der Waals surface area contributed by atoms with Crippen LogP contribution in [-0.2, 0) is 14.3 Å². The Morgan fingerprint density at radius 1 is 1.00 bits per heavy atom. The number of anilines is 2. The topological polar surface area (TPSA) is 97.6 Å². The Kier molecular flexibility index (Phi) is 7.75. The van der Waals surface area contributed by atoms with Gasteiger partial charge in [0.25, 0.3) is 0 Å². The number of rotatable bonds is 8. The van der Waals surface area contributed by atoms with Crippen LogP contribution >= 0.6 is 23.4 Å². The maximum atomic E-state index is 12.2. The summed E-state index contributed by atoms with van der Waals surface area (Å²) < 4.78 is 9.78. The number of methoxy groups -OCH3 is 1.